The molecule has 0 saturated carbocycles. The molecule has 0 aliphatic carbocycles. The molecule has 1 amide bonds. The van der Waals surface area contributed by atoms with E-state index in [0.29, 0.717) is 5.69 Å². The number of hydrogen-bond donors (Lipinski definition) is 2. The van der Waals surface area contributed by atoms with Gasteiger partial charge in [0.25, 0.3) is 0 Å². The summed E-state index contributed by atoms with van der Waals surface area (Å²) in [5.41, 5.74) is 7.13. The predicted molar refractivity (Wildman–Crippen MR) is 59.4 cm³/mol. The number of fused-ring (bicyclic) bond motifs is 1. The lowest BCUT2D eigenvalue weighted by molar-refractivity contribution is -0.139. The highest BCUT2D eigenvalue weighted by atomic mass is 19.4. The number of alkyl halides is 3. The highest BCUT2D eigenvalue weighted by Gasteiger charge is 2.27. The van der Waals surface area contributed by atoms with Crippen molar-refractivity contribution in [2.45, 2.75) is 19.0 Å². The average molecular weight is 260 g/mol. The number of anilines is 2. The number of nitrogen functional groups attached to an aromatic ring is 1. The van der Waals surface area contributed by atoms with Crippen molar-refractivity contribution in [3.05, 3.63) is 17.7 Å². The summed E-state index contributed by atoms with van der Waals surface area (Å²) in [7, 11) is 0. The van der Waals surface area contributed by atoms with Crippen LogP contribution < -0.4 is 15.8 Å². The third kappa shape index (κ3) is 2.85. The largest absolute Gasteiger partial charge is 0.491 e. The van der Waals surface area contributed by atoms with E-state index in [-0.39, 0.29) is 23.8 Å². The molecular weight excluding hydrogens is 249 g/mol. The summed E-state index contributed by atoms with van der Waals surface area (Å²) in [6.07, 6.45) is -5.09. The molecule has 1 heterocycles. The average Bonchev–Trinajstić information content (AvgIpc) is 2.55. The Morgan fingerprint density at radius 1 is 1.39 bits per heavy atom. The van der Waals surface area contributed by atoms with Crippen LogP contribution in [0.3, 0.4) is 0 Å². The lowest BCUT2D eigenvalue weighted by Crippen LogP contribution is -2.13. The maximum absolute atomic E-state index is 12.0. The van der Waals surface area contributed by atoms with Crippen LogP contribution in [0, 0.1) is 0 Å². The molecule has 18 heavy (non-hydrogen) atoms. The van der Waals surface area contributed by atoms with Crippen molar-refractivity contribution in [1.29, 1.82) is 0 Å². The Hall–Kier alpha value is -1.92. The van der Waals surface area contributed by atoms with Crippen molar-refractivity contribution in [1.82, 2.24) is 0 Å². The number of amides is 1. The molecule has 0 spiro atoms. The highest BCUT2D eigenvalue weighted by molar-refractivity contribution is 6.00. The zero-order valence-electron chi connectivity index (χ0n) is 9.30. The number of hydrogen-bond acceptors (Lipinski definition) is 3. The van der Waals surface area contributed by atoms with Gasteiger partial charge in [-0.2, -0.15) is 13.2 Å². The second-order valence-electron chi connectivity index (χ2n) is 3.99. The second kappa shape index (κ2) is 4.40. The van der Waals surface area contributed by atoms with Gasteiger partial charge in [0.05, 0.1) is 25.1 Å². The Labute approximate surface area is 101 Å². The zero-order chi connectivity index (χ0) is 13.3. The van der Waals surface area contributed by atoms with Gasteiger partial charge in [-0.3, -0.25) is 4.79 Å². The van der Waals surface area contributed by atoms with E-state index >= 15 is 0 Å². The fraction of sp³-hybridized carbons (Fsp3) is 0.364. The van der Waals surface area contributed by atoms with E-state index in [1.807, 2.05) is 0 Å². The van der Waals surface area contributed by atoms with Gasteiger partial charge < -0.3 is 15.8 Å². The quantitative estimate of drug-likeness (QED) is 0.818. The molecule has 3 N–H and O–H groups in total. The van der Waals surface area contributed by atoms with Gasteiger partial charge in [-0.15, -0.1) is 0 Å². The number of nitrogens with one attached hydrogen (secondary N) is 1. The number of carbonyl (C=O) groups excluding carboxylic acids is 1. The van der Waals surface area contributed by atoms with Crippen molar-refractivity contribution < 1.29 is 22.7 Å². The third-order valence-corrected chi connectivity index (χ3v) is 2.50. The van der Waals surface area contributed by atoms with Crippen molar-refractivity contribution >= 4 is 17.3 Å². The molecule has 1 aliphatic heterocycles. The van der Waals surface area contributed by atoms with E-state index in [0.717, 1.165) is 5.56 Å². The molecule has 98 valence electrons. The van der Waals surface area contributed by atoms with Crippen LogP contribution in [0.5, 0.6) is 5.75 Å². The van der Waals surface area contributed by atoms with Crippen LogP contribution in [0.25, 0.3) is 0 Å². The Morgan fingerprint density at radius 2 is 2.11 bits per heavy atom. The van der Waals surface area contributed by atoms with E-state index in [4.69, 9.17) is 10.5 Å². The van der Waals surface area contributed by atoms with Crippen molar-refractivity contribution in [3.8, 4) is 5.75 Å². The number of benzene rings is 1. The van der Waals surface area contributed by atoms with Gasteiger partial charge >= 0.3 is 6.18 Å². The fourth-order valence-corrected chi connectivity index (χ4v) is 1.68. The molecule has 7 heteroatoms. The number of rotatable bonds is 3. The SMILES string of the molecule is Nc1cc2c(cc1OCCC(F)(F)F)NC(=O)C2. The monoisotopic (exact) mass is 260 g/mol. The smallest absolute Gasteiger partial charge is 0.392 e. The van der Waals surface area contributed by atoms with Crippen LogP contribution >= 0.6 is 0 Å². The molecule has 0 bridgehead atoms. The number of halogens is 3. The first-order valence-electron chi connectivity index (χ1n) is 5.27. The normalized spacial score (nSPS) is 14.3. The van der Waals surface area contributed by atoms with Crippen LogP contribution in [-0.4, -0.2) is 18.7 Å². The van der Waals surface area contributed by atoms with Gasteiger partial charge in [0.15, 0.2) is 0 Å². The Morgan fingerprint density at radius 3 is 2.78 bits per heavy atom. The Balaban J connectivity index is 2.06. The summed E-state index contributed by atoms with van der Waals surface area (Å²) >= 11 is 0. The molecule has 0 atom stereocenters. The minimum atomic E-state index is -4.26. The van der Waals surface area contributed by atoms with E-state index in [2.05, 4.69) is 5.32 Å². The second-order valence-corrected chi connectivity index (χ2v) is 3.99. The molecule has 0 radical (unpaired) electrons. The summed E-state index contributed by atoms with van der Waals surface area (Å²) in [4.78, 5) is 11.1. The lowest BCUT2D eigenvalue weighted by atomic mass is 10.1. The van der Waals surface area contributed by atoms with Gasteiger partial charge in [-0.25, -0.2) is 0 Å². The number of nitrogens with two attached hydrogens (primary N) is 1. The minimum absolute atomic E-state index is 0.153. The van der Waals surface area contributed by atoms with Crippen molar-refractivity contribution in [2.24, 2.45) is 0 Å². The highest BCUT2D eigenvalue weighted by Crippen LogP contribution is 2.33. The van der Waals surface area contributed by atoms with Gasteiger partial charge in [-0.05, 0) is 11.6 Å². The van der Waals surface area contributed by atoms with E-state index in [9.17, 15) is 18.0 Å². The van der Waals surface area contributed by atoms with Crippen LogP contribution in [-0.2, 0) is 11.2 Å². The van der Waals surface area contributed by atoms with Crippen LogP contribution in [0.2, 0.25) is 0 Å². The predicted octanol–water partition coefficient (Wildman–Crippen LogP) is 2.09. The zero-order valence-corrected chi connectivity index (χ0v) is 9.30. The Bertz CT molecular complexity index is 486. The third-order valence-electron chi connectivity index (χ3n) is 2.50. The van der Waals surface area contributed by atoms with Gasteiger partial charge in [-0.1, -0.05) is 0 Å². The number of ether oxygens (including phenoxy) is 1. The first-order chi connectivity index (χ1) is 8.35. The molecule has 4 nitrogen and oxygen atoms in total. The van der Waals surface area contributed by atoms with Crippen molar-refractivity contribution in [3.63, 3.8) is 0 Å². The molecule has 0 fully saturated rings. The van der Waals surface area contributed by atoms with Crippen LogP contribution in [0.4, 0.5) is 24.5 Å². The summed E-state index contributed by atoms with van der Waals surface area (Å²) in [5.74, 6) is -0.0166. The summed E-state index contributed by atoms with van der Waals surface area (Å²) in [6, 6.07) is 2.99. The first kappa shape index (κ1) is 12.5. The molecule has 0 aromatic heterocycles. The van der Waals surface area contributed by atoms with E-state index < -0.39 is 19.2 Å². The first-order valence-corrected chi connectivity index (χ1v) is 5.27. The van der Waals surface area contributed by atoms with Crippen LogP contribution in [0.1, 0.15) is 12.0 Å². The minimum Gasteiger partial charge on any atom is -0.491 e. The lowest BCUT2D eigenvalue weighted by Gasteiger charge is -2.12. The van der Waals surface area contributed by atoms with Gasteiger partial charge in [0, 0.05) is 11.8 Å². The molecular formula is C11H11F3N2O2. The maximum atomic E-state index is 12.0. The molecule has 1 aromatic carbocycles. The fourth-order valence-electron chi connectivity index (χ4n) is 1.68. The van der Waals surface area contributed by atoms with Gasteiger partial charge in [0.1, 0.15) is 5.75 Å². The van der Waals surface area contributed by atoms with E-state index in [1.54, 1.807) is 0 Å². The summed E-state index contributed by atoms with van der Waals surface area (Å²) in [6.45, 7) is -0.500. The topological polar surface area (TPSA) is 64.3 Å². The van der Waals surface area contributed by atoms with E-state index in [1.165, 1.54) is 12.1 Å². The van der Waals surface area contributed by atoms with Gasteiger partial charge in [0.2, 0.25) is 5.91 Å². The Kier molecular flexibility index (Phi) is 3.06. The molecule has 2 rings (SSSR count). The molecule has 1 aliphatic rings. The molecule has 0 unspecified atom stereocenters. The summed E-state index contributed by atoms with van der Waals surface area (Å²) < 4.78 is 40.9. The molecule has 0 saturated heterocycles. The van der Waals surface area contributed by atoms with Crippen LogP contribution in [0.15, 0.2) is 12.1 Å². The molecule has 1 aromatic rings. The van der Waals surface area contributed by atoms with Crippen molar-refractivity contribution in [2.75, 3.05) is 17.7 Å². The standard InChI is InChI=1S/C11H11F3N2O2/c12-11(13,14)1-2-18-9-5-8-6(3-7(9)15)4-10(17)16-8/h3,5H,1-2,4,15H2,(H,16,17). The maximum Gasteiger partial charge on any atom is 0.392 e. The number of carbonyl (C=O) groups is 1. The summed E-state index contributed by atoms with van der Waals surface area (Å²) in [5, 5.41) is 2.57.